The molecule has 2 N–H and O–H groups in total. The fourth-order valence-electron chi connectivity index (χ4n) is 3.36. The zero-order valence-electron chi connectivity index (χ0n) is 17.2. The summed E-state index contributed by atoms with van der Waals surface area (Å²) in [6, 6.07) is 14.7. The van der Waals surface area contributed by atoms with Crippen LogP contribution in [0, 0.1) is 5.82 Å². The molecular formula is C22H30FN5O. The summed E-state index contributed by atoms with van der Waals surface area (Å²) in [4.78, 5) is 9.03. The fraction of sp³-hybridized carbons (Fsp3) is 0.409. The Bertz CT molecular complexity index is 771. The molecule has 0 spiro atoms. The van der Waals surface area contributed by atoms with Crippen LogP contribution in [0.15, 0.2) is 53.5 Å². The third kappa shape index (κ3) is 6.35. The Morgan fingerprint density at radius 1 is 1.00 bits per heavy atom. The second kappa shape index (κ2) is 10.7. The molecular weight excluding hydrogens is 369 g/mol. The van der Waals surface area contributed by atoms with Gasteiger partial charge in [0.2, 0.25) is 0 Å². The van der Waals surface area contributed by atoms with E-state index in [9.17, 15) is 4.39 Å². The third-order valence-electron chi connectivity index (χ3n) is 5.13. The van der Waals surface area contributed by atoms with E-state index in [0.717, 1.165) is 56.7 Å². The van der Waals surface area contributed by atoms with Crippen molar-refractivity contribution in [3.05, 3.63) is 59.9 Å². The van der Waals surface area contributed by atoms with Crippen molar-refractivity contribution in [1.29, 1.82) is 0 Å². The quantitative estimate of drug-likeness (QED) is 0.553. The number of aliphatic imine (C=N–C) groups is 1. The molecule has 0 atom stereocenters. The molecule has 1 heterocycles. The number of rotatable bonds is 7. The van der Waals surface area contributed by atoms with Gasteiger partial charge in [0.1, 0.15) is 11.6 Å². The molecule has 1 saturated heterocycles. The van der Waals surface area contributed by atoms with Gasteiger partial charge in [-0.3, -0.25) is 9.89 Å². The van der Waals surface area contributed by atoms with Gasteiger partial charge in [0.25, 0.3) is 0 Å². The van der Waals surface area contributed by atoms with E-state index in [1.807, 2.05) is 36.4 Å². The molecule has 1 fully saturated rings. The van der Waals surface area contributed by atoms with Crippen LogP contribution in [0.2, 0.25) is 0 Å². The highest BCUT2D eigenvalue weighted by molar-refractivity contribution is 5.79. The molecule has 6 nitrogen and oxygen atoms in total. The first-order valence-electron chi connectivity index (χ1n) is 9.98. The van der Waals surface area contributed by atoms with Crippen molar-refractivity contribution >= 4 is 11.6 Å². The normalized spacial score (nSPS) is 15.3. The lowest BCUT2D eigenvalue weighted by molar-refractivity contribution is 0.261. The van der Waals surface area contributed by atoms with Crippen molar-refractivity contribution in [2.24, 2.45) is 4.99 Å². The number of anilines is 1. The van der Waals surface area contributed by atoms with E-state index < -0.39 is 0 Å². The van der Waals surface area contributed by atoms with Gasteiger partial charge in [-0.2, -0.15) is 0 Å². The smallest absolute Gasteiger partial charge is 0.191 e. The minimum Gasteiger partial charge on any atom is -0.497 e. The first-order valence-corrected chi connectivity index (χ1v) is 9.98. The highest BCUT2D eigenvalue weighted by Gasteiger charge is 2.16. The van der Waals surface area contributed by atoms with Crippen LogP contribution in [0.4, 0.5) is 10.1 Å². The average molecular weight is 400 g/mol. The van der Waals surface area contributed by atoms with Crippen LogP contribution < -0.4 is 20.3 Å². The molecule has 0 aromatic heterocycles. The molecule has 29 heavy (non-hydrogen) atoms. The summed E-state index contributed by atoms with van der Waals surface area (Å²) in [6.07, 6.45) is 0. The minimum atomic E-state index is -0.188. The molecule has 2 aromatic carbocycles. The van der Waals surface area contributed by atoms with E-state index in [-0.39, 0.29) is 5.82 Å². The number of hydrogen-bond donors (Lipinski definition) is 2. The summed E-state index contributed by atoms with van der Waals surface area (Å²) >= 11 is 0. The van der Waals surface area contributed by atoms with Gasteiger partial charge in [-0.05, 0) is 42.0 Å². The Morgan fingerprint density at radius 2 is 1.69 bits per heavy atom. The van der Waals surface area contributed by atoms with Gasteiger partial charge in [-0.1, -0.05) is 12.1 Å². The maximum Gasteiger partial charge on any atom is 0.191 e. The Balaban J connectivity index is 1.35. The van der Waals surface area contributed by atoms with Crippen molar-refractivity contribution in [3.63, 3.8) is 0 Å². The van der Waals surface area contributed by atoms with E-state index in [2.05, 4.69) is 25.4 Å². The highest BCUT2D eigenvalue weighted by Crippen LogP contribution is 2.16. The van der Waals surface area contributed by atoms with Crippen molar-refractivity contribution in [1.82, 2.24) is 15.5 Å². The SMILES string of the molecule is CN=C(NCCN1CCN(c2ccc(F)cc2)CC1)NCc1ccc(OC)cc1. The third-order valence-corrected chi connectivity index (χ3v) is 5.13. The summed E-state index contributed by atoms with van der Waals surface area (Å²) in [7, 11) is 3.45. The molecule has 0 aliphatic carbocycles. The molecule has 1 aliphatic rings. The van der Waals surface area contributed by atoms with Gasteiger partial charge in [-0.25, -0.2) is 4.39 Å². The van der Waals surface area contributed by atoms with E-state index in [1.165, 1.54) is 17.7 Å². The van der Waals surface area contributed by atoms with Gasteiger partial charge in [-0.15, -0.1) is 0 Å². The number of hydrogen-bond acceptors (Lipinski definition) is 4. The van der Waals surface area contributed by atoms with Gasteiger partial charge < -0.3 is 20.3 Å². The number of methoxy groups -OCH3 is 1. The van der Waals surface area contributed by atoms with Gasteiger partial charge in [0.05, 0.1) is 7.11 Å². The molecule has 7 heteroatoms. The number of nitrogens with one attached hydrogen (secondary N) is 2. The Kier molecular flexibility index (Phi) is 7.69. The van der Waals surface area contributed by atoms with E-state index in [0.29, 0.717) is 6.54 Å². The Labute approximate surface area is 172 Å². The van der Waals surface area contributed by atoms with Crippen LogP contribution in [-0.2, 0) is 6.54 Å². The van der Waals surface area contributed by atoms with Crippen LogP contribution in [0.3, 0.4) is 0 Å². The Hall–Kier alpha value is -2.80. The van der Waals surface area contributed by atoms with Crippen LogP contribution in [-0.4, -0.2) is 64.3 Å². The lowest BCUT2D eigenvalue weighted by Gasteiger charge is -2.36. The maximum absolute atomic E-state index is 13.1. The lowest BCUT2D eigenvalue weighted by atomic mass is 10.2. The molecule has 3 rings (SSSR count). The first-order chi connectivity index (χ1) is 14.2. The van der Waals surface area contributed by atoms with E-state index in [1.54, 1.807) is 14.2 Å². The molecule has 0 unspecified atom stereocenters. The van der Waals surface area contributed by atoms with Crippen LogP contribution in [0.25, 0.3) is 0 Å². The fourth-order valence-corrected chi connectivity index (χ4v) is 3.36. The first kappa shape index (κ1) is 20.9. The van der Waals surface area contributed by atoms with Crippen LogP contribution in [0.1, 0.15) is 5.56 Å². The van der Waals surface area contributed by atoms with E-state index >= 15 is 0 Å². The summed E-state index contributed by atoms with van der Waals surface area (Å²) in [5.41, 5.74) is 2.26. The van der Waals surface area contributed by atoms with Crippen molar-refractivity contribution < 1.29 is 9.13 Å². The summed E-state index contributed by atoms with van der Waals surface area (Å²) in [5, 5.41) is 6.71. The predicted molar refractivity (Wildman–Crippen MR) is 116 cm³/mol. The second-order valence-corrected chi connectivity index (χ2v) is 7.01. The number of halogens is 1. The van der Waals surface area contributed by atoms with Crippen LogP contribution in [0.5, 0.6) is 5.75 Å². The van der Waals surface area contributed by atoms with Gasteiger partial charge in [0, 0.05) is 58.5 Å². The lowest BCUT2D eigenvalue weighted by Crippen LogP contribution is -2.49. The van der Waals surface area contributed by atoms with Crippen molar-refractivity contribution in [2.45, 2.75) is 6.54 Å². The number of nitrogens with zero attached hydrogens (tertiary/aromatic N) is 3. The van der Waals surface area contributed by atoms with E-state index in [4.69, 9.17) is 4.74 Å². The number of guanidine groups is 1. The molecule has 0 amide bonds. The molecule has 0 saturated carbocycles. The highest BCUT2D eigenvalue weighted by atomic mass is 19.1. The second-order valence-electron chi connectivity index (χ2n) is 7.01. The van der Waals surface area contributed by atoms with Crippen molar-refractivity contribution in [2.75, 3.05) is 58.3 Å². The number of piperazine rings is 1. The van der Waals surface area contributed by atoms with Crippen LogP contribution >= 0.6 is 0 Å². The topological polar surface area (TPSA) is 52.1 Å². The molecule has 1 aliphatic heterocycles. The average Bonchev–Trinajstić information content (AvgIpc) is 2.77. The zero-order chi connectivity index (χ0) is 20.5. The predicted octanol–water partition coefficient (Wildman–Crippen LogP) is 2.32. The molecule has 156 valence electrons. The summed E-state index contributed by atoms with van der Waals surface area (Å²) in [5.74, 6) is 1.47. The standard InChI is InChI=1S/C22H30FN5O/c1-24-22(26-17-18-3-9-21(29-2)10-4-18)25-11-12-27-13-15-28(16-14-27)20-7-5-19(23)6-8-20/h3-10H,11-17H2,1-2H3,(H2,24,25,26). The summed E-state index contributed by atoms with van der Waals surface area (Å²) in [6.45, 7) is 6.40. The van der Waals surface area contributed by atoms with Crippen molar-refractivity contribution in [3.8, 4) is 5.75 Å². The summed E-state index contributed by atoms with van der Waals surface area (Å²) < 4.78 is 18.3. The monoisotopic (exact) mass is 399 g/mol. The number of benzene rings is 2. The minimum absolute atomic E-state index is 0.188. The Morgan fingerprint density at radius 3 is 2.31 bits per heavy atom. The van der Waals surface area contributed by atoms with Gasteiger partial charge in [0.15, 0.2) is 5.96 Å². The van der Waals surface area contributed by atoms with Gasteiger partial charge >= 0.3 is 0 Å². The number of ether oxygens (including phenoxy) is 1. The molecule has 0 radical (unpaired) electrons. The molecule has 0 bridgehead atoms. The zero-order valence-corrected chi connectivity index (χ0v) is 17.2. The largest absolute Gasteiger partial charge is 0.497 e. The maximum atomic E-state index is 13.1. The molecule has 2 aromatic rings.